The van der Waals surface area contributed by atoms with Crippen LogP contribution in [0.3, 0.4) is 0 Å². The van der Waals surface area contributed by atoms with Gasteiger partial charge in [0.1, 0.15) is 0 Å². The predicted octanol–water partition coefficient (Wildman–Crippen LogP) is 3.39. The molecule has 0 aliphatic rings. The van der Waals surface area contributed by atoms with Crippen LogP contribution in [-0.2, 0) is 0 Å². The number of fused-ring (bicyclic) bond motifs is 1. The van der Waals surface area contributed by atoms with Crippen molar-refractivity contribution in [3.63, 3.8) is 0 Å². The summed E-state index contributed by atoms with van der Waals surface area (Å²) < 4.78 is 0. The summed E-state index contributed by atoms with van der Waals surface area (Å²) in [7, 11) is 0. The number of aromatic nitrogens is 2. The minimum absolute atomic E-state index is 0.173. The fourth-order valence-electron chi connectivity index (χ4n) is 2.24. The average molecular weight is 264 g/mol. The molecular weight excluding hydrogens is 248 g/mol. The Morgan fingerprint density at radius 1 is 1.15 bits per heavy atom. The normalized spacial score (nSPS) is 12.2. The lowest BCUT2D eigenvalue weighted by Gasteiger charge is -2.16. The molecule has 3 aromatic rings. The highest BCUT2D eigenvalue weighted by molar-refractivity contribution is 5.92. The fourth-order valence-corrected chi connectivity index (χ4v) is 2.24. The molecule has 0 radical (unpaired) electrons. The summed E-state index contributed by atoms with van der Waals surface area (Å²) in [5.41, 5.74) is 9.61. The lowest BCUT2D eigenvalue weighted by atomic mass is 10.1. The van der Waals surface area contributed by atoms with Crippen molar-refractivity contribution in [3.05, 3.63) is 60.6 Å². The second-order valence-corrected chi connectivity index (χ2v) is 4.79. The number of pyridine rings is 2. The highest BCUT2D eigenvalue weighted by Gasteiger charge is 2.08. The molecule has 0 spiro atoms. The van der Waals surface area contributed by atoms with Crippen molar-refractivity contribution in [2.75, 3.05) is 11.1 Å². The van der Waals surface area contributed by atoms with E-state index in [1.807, 2.05) is 36.5 Å². The zero-order valence-corrected chi connectivity index (χ0v) is 11.2. The largest absolute Gasteiger partial charge is 0.399 e. The Hall–Kier alpha value is -2.62. The summed E-state index contributed by atoms with van der Waals surface area (Å²) in [5.74, 6) is 0. The van der Waals surface area contributed by atoms with E-state index in [-0.39, 0.29) is 6.04 Å². The van der Waals surface area contributed by atoms with Gasteiger partial charge in [-0.2, -0.15) is 0 Å². The summed E-state index contributed by atoms with van der Waals surface area (Å²) >= 11 is 0. The number of hydrogen-bond donors (Lipinski definition) is 2. The minimum Gasteiger partial charge on any atom is -0.399 e. The van der Waals surface area contributed by atoms with Gasteiger partial charge in [0.15, 0.2) is 0 Å². The summed E-state index contributed by atoms with van der Waals surface area (Å²) in [6, 6.07) is 11.9. The molecule has 4 nitrogen and oxygen atoms in total. The molecule has 0 saturated carbocycles. The van der Waals surface area contributed by atoms with Gasteiger partial charge in [-0.05, 0) is 42.8 Å². The lowest BCUT2D eigenvalue weighted by Crippen LogP contribution is -2.07. The second kappa shape index (κ2) is 5.17. The maximum atomic E-state index is 5.80. The highest BCUT2D eigenvalue weighted by Crippen LogP contribution is 2.26. The zero-order chi connectivity index (χ0) is 13.9. The Balaban J connectivity index is 1.95. The van der Waals surface area contributed by atoms with Crippen molar-refractivity contribution in [2.45, 2.75) is 13.0 Å². The highest BCUT2D eigenvalue weighted by atomic mass is 14.9. The molecule has 3 N–H and O–H groups in total. The number of hydrogen-bond acceptors (Lipinski definition) is 4. The van der Waals surface area contributed by atoms with Gasteiger partial charge >= 0.3 is 0 Å². The molecule has 20 heavy (non-hydrogen) atoms. The molecule has 1 atom stereocenters. The van der Waals surface area contributed by atoms with Crippen LogP contribution in [-0.4, -0.2) is 9.97 Å². The zero-order valence-electron chi connectivity index (χ0n) is 11.2. The molecule has 0 aliphatic carbocycles. The monoisotopic (exact) mass is 264 g/mol. The smallest absolute Gasteiger partial charge is 0.0743 e. The first-order chi connectivity index (χ1) is 9.74. The van der Waals surface area contributed by atoms with Crippen molar-refractivity contribution in [3.8, 4) is 0 Å². The molecule has 1 aromatic carbocycles. The van der Waals surface area contributed by atoms with Gasteiger partial charge in [-0.15, -0.1) is 0 Å². The molecule has 0 bridgehead atoms. The van der Waals surface area contributed by atoms with Gasteiger partial charge in [0.25, 0.3) is 0 Å². The number of nitrogens with one attached hydrogen (secondary N) is 1. The number of rotatable bonds is 3. The van der Waals surface area contributed by atoms with Crippen LogP contribution in [0.4, 0.5) is 11.4 Å². The standard InChI is InChI=1S/C16H16N4/c1-11(12-3-2-7-18-10-12)20-15-6-8-19-16-9-13(17)4-5-14(15)16/h2-11H,17H2,1H3,(H,19,20). The van der Waals surface area contributed by atoms with Crippen molar-refractivity contribution < 1.29 is 0 Å². The Bertz CT molecular complexity index is 725. The molecule has 2 aromatic heterocycles. The van der Waals surface area contributed by atoms with Crippen LogP contribution in [0, 0.1) is 0 Å². The van der Waals surface area contributed by atoms with Crippen LogP contribution in [0.25, 0.3) is 10.9 Å². The van der Waals surface area contributed by atoms with Crippen LogP contribution < -0.4 is 11.1 Å². The average Bonchev–Trinajstić information content (AvgIpc) is 2.48. The Morgan fingerprint density at radius 2 is 2.05 bits per heavy atom. The van der Waals surface area contributed by atoms with Crippen LogP contribution in [0.2, 0.25) is 0 Å². The number of nitrogens with two attached hydrogens (primary N) is 1. The second-order valence-electron chi connectivity index (χ2n) is 4.79. The van der Waals surface area contributed by atoms with Gasteiger partial charge in [0, 0.05) is 35.4 Å². The van der Waals surface area contributed by atoms with Crippen molar-refractivity contribution in [1.29, 1.82) is 0 Å². The first-order valence-electron chi connectivity index (χ1n) is 6.55. The van der Waals surface area contributed by atoms with Crippen LogP contribution in [0.1, 0.15) is 18.5 Å². The topological polar surface area (TPSA) is 63.8 Å². The first kappa shape index (κ1) is 12.4. The molecule has 0 aliphatic heterocycles. The van der Waals surface area contributed by atoms with Crippen LogP contribution in [0.5, 0.6) is 0 Å². The van der Waals surface area contributed by atoms with E-state index < -0.39 is 0 Å². The first-order valence-corrected chi connectivity index (χ1v) is 6.55. The minimum atomic E-state index is 0.173. The molecule has 1 unspecified atom stereocenters. The van der Waals surface area contributed by atoms with E-state index in [2.05, 4.69) is 28.3 Å². The number of anilines is 2. The van der Waals surface area contributed by atoms with Gasteiger partial charge in [0.05, 0.1) is 11.6 Å². The Kier molecular flexibility index (Phi) is 3.21. The van der Waals surface area contributed by atoms with E-state index in [9.17, 15) is 0 Å². The molecule has 0 saturated heterocycles. The number of nitrogen functional groups attached to an aromatic ring is 1. The van der Waals surface area contributed by atoms with Crippen molar-refractivity contribution in [2.24, 2.45) is 0 Å². The number of nitrogens with zero attached hydrogens (tertiary/aromatic N) is 2. The summed E-state index contributed by atoms with van der Waals surface area (Å²) in [5, 5.41) is 4.57. The molecule has 4 heteroatoms. The third-order valence-electron chi connectivity index (χ3n) is 3.32. The molecule has 3 rings (SSSR count). The molecular formula is C16H16N4. The van der Waals surface area contributed by atoms with Gasteiger partial charge < -0.3 is 11.1 Å². The van der Waals surface area contributed by atoms with Gasteiger partial charge in [0.2, 0.25) is 0 Å². The van der Waals surface area contributed by atoms with Gasteiger partial charge in [-0.1, -0.05) is 6.07 Å². The van der Waals surface area contributed by atoms with E-state index in [0.717, 1.165) is 27.8 Å². The summed E-state index contributed by atoms with van der Waals surface area (Å²) in [6.07, 6.45) is 5.44. The van der Waals surface area contributed by atoms with Crippen LogP contribution >= 0.6 is 0 Å². The summed E-state index contributed by atoms with van der Waals surface area (Å²) in [4.78, 5) is 8.50. The summed E-state index contributed by atoms with van der Waals surface area (Å²) in [6.45, 7) is 2.11. The maximum Gasteiger partial charge on any atom is 0.0743 e. The molecule has 100 valence electrons. The van der Waals surface area contributed by atoms with E-state index in [1.165, 1.54) is 0 Å². The van der Waals surface area contributed by atoms with E-state index in [1.54, 1.807) is 12.4 Å². The van der Waals surface area contributed by atoms with Crippen LogP contribution in [0.15, 0.2) is 55.0 Å². The van der Waals surface area contributed by atoms with Crippen molar-refractivity contribution in [1.82, 2.24) is 9.97 Å². The van der Waals surface area contributed by atoms with E-state index in [0.29, 0.717) is 0 Å². The lowest BCUT2D eigenvalue weighted by molar-refractivity contribution is 0.877. The quantitative estimate of drug-likeness (QED) is 0.712. The van der Waals surface area contributed by atoms with E-state index in [4.69, 9.17) is 5.73 Å². The maximum absolute atomic E-state index is 5.80. The van der Waals surface area contributed by atoms with Gasteiger partial charge in [-0.25, -0.2) is 0 Å². The SMILES string of the molecule is CC(Nc1ccnc2cc(N)ccc12)c1cccnc1. The predicted molar refractivity (Wildman–Crippen MR) is 82.4 cm³/mol. The Morgan fingerprint density at radius 3 is 2.85 bits per heavy atom. The van der Waals surface area contributed by atoms with E-state index >= 15 is 0 Å². The Labute approximate surface area is 117 Å². The third-order valence-corrected chi connectivity index (χ3v) is 3.32. The fraction of sp³-hybridized carbons (Fsp3) is 0.125. The molecule has 0 fully saturated rings. The third kappa shape index (κ3) is 2.40. The van der Waals surface area contributed by atoms with Gasteiger partial charge in [-0.3, -0.25) is 9.97 Å². The molecule has 0 amide bonds. The molecule has 2 heterocycles. The number of benzene rings is 1. The van der Waals surface area contributed by atoms with Crippen molar-refractivity contribution >= 4 is 22.3 Å².